The van der Waals surface area contributed by atoms with Crippen LogP contribution in [-0.2, 0) is 6.42 Å². The molecule has 0 heterocycles. The van der Waals surface area contributed by atoms with Gasteiger partial charge in [-0.2, -0.15) is 0 Å². The van der Waals surface area contributed by atoms with E-state index in [0.29, 0.717) is 18.0 Å². The van der Waals surface area contributed by atoms with Gasteiger partial charge in [0.05, 0.1) is 13.2 Å². The molecule has 0 spiro atoms. The Balaban J connectivity index is 0.000000196. The molecule has 4 aromatic rings. The molecule has 182 valence electrons. The minimum absolute atomic E-state index is 0.347. The van der Waals surface area contributed by atoms with Crippen molar-refractivity contribution in [1.29, 1.82) is 0 Å². The second-order valence-corrected chi connectivity index (χ2v) is 9.50. The summed E-state index contributed by atoms with van der Waals surface area (Å²) in [6, 6.07) is 33.6. The summed E-state index contributed by atoms with van der Waals surface area (Å²) in [6.07, 6.45) is 1.06. The average Bonchev–Trinajstić information content (AvgIpc) is 2.90. The Morgan fingerprint density at radius 1 is 0.600 bits per heavy atom. The van der Waals surface area contributed by atoms with Gasteiger partial charge in [-0.3, -0.25) is 0 Å². The first-order chi connectivity index (χ1) is 17.1. The lowest BCUT2D eigenvalue weighted by atomic mass is 9.98. The van der Waals surface area contributed by atoms with E-state index in [2.05, 4.69) is 103 Å². The van der Waals surface area contributed by atoms with Crippen LogP contribution in [0.4, 0.5) is 0 Å². The van der Waals surface area contributed by atoms with Crippen LogP contribution >= 0.6 is 15.9 Å². The number of rotatable bonds is 8. The lowest BCUT2D eigenvalue weighted by molar-refractivity contribution is 0.340. The highest BCUT2D eigenvalue weighted by Gasteiger charge is 2.08. The number of halogens is 1. The Morgan fingerprint density at radius 2 is 1.06 bits per heavy atom. The zero-order valence-corrected chi connectivity index (χ0v) is 22.7. The number of hydrogen-bond acceptors (Lipinski definition) is 2. The van der Waals surface area contributed by atoms with Crippen molar-refractivity contribution in [2.75, 3.05) is 13.2 Å². The molecule has 0 N–H and O–H groups in total. The van der Waals surface area contributed by atoms with Crippen molar-refractivity contribution in [2.45, 2.75) is 38.9 Å². The van der Waals surface area contributed by atoms with E-state index in [-0.39, 0.29) is 0 Å². The number of alkyl halides is 1. The molecule has 1 atom stereocenters. The van der Waals surface area contributed by atoms with Crippen molar-refractivity contribution >= 4 is 15.9 Å². The van der Waals surface area contributed by atoms with Gasteiger partial charge in [0.1, 0.15) is 11.5 Å². The molecule has 0 aliphatic carbocycles. The maximum Gasteiger partial charge on any atom is 0.119 e. The molecule has 0 bridgehead atoms. The third kappa shape index (κ3) is 7.47. The van der Waals surface area contributed by atoms with Gasteiger partial charge >= 0.3 is 0 Å². The maximum absolute atomic E-state index is 5.47. The summed E-state index contributed by atoms with van der Waals surface area (Å²) in [5.41, 5.74) is 7.76. The van der Waals surface area contributed by atoms with Crippen molar-refractivity contribution in [3.05, 3.63) is 108 Å². The Morgan fingerprint density at radius 3 is 1.54 bits per heavy atom. The highest BCUT2D eigenvalue weighted by atomic mass is 79.9. The number of aryl methyl sites for hydroxylation is 1. The van der Waals surface area contributed by atoms with Crippen molar-refractivity contribution in [3.63, 3.8) is 0 Å². The van der Waals surface area contributed by atoms with Crippen LogP contribution in [0.3, 0.4) is 0 Å². The Labute approximate surface area is 219 Å². The van der Waals surface area contributed by atoms with Gasteiger partial charge in [0.2, 0.25) is 0 Å². The van der Waals surface area contributed by atoms with E-state index in [1.165, 1.54) is 33.4 Å². The third-order valence-corrected chi connectivity index (χ3v) is 6.23. The van der Waals surface area contributed by atoms with Gasteiger partial charge in [-0.15, -0.1) is 0 Å². The summed E-state index contributed by atoms with van der Waals surface area (Å²) < 4.78 is 10.9. The van der Waals surface area contributed by atoms with Crippen LogP contribution in [-0.4, -0.2) is 13.2 Å². The zero-order valence-electron chi connectivity index (χ0n) is 21.1. The number of ether oxygens (including phenoxy) is 2. The molecule has 3 heteroatoms. The molecule has 35 heavy (non-hydrogen) atoms. The van der Waals surface area contributed by atoms with Crippen molar-refractivity contribution in [2.24, 2.45) is 0 Å². The monoisotopic (exact) mass is 530 g/mol. The molecular formula is C32H35BrO2. The molecule has 4 rings (SSSR count). The highest BCUT2D eigenvalue weighted by molar-refractivity contribution is 9.09. The molecule has 0 aliphatic heterocycles. The van der Waals surface area contributed by atoms with E-state index in [0.717, 1.165) is 17.9 Å². The first-order valence-electron chi connectivity index (χ1n) is 12.3. The average molecular weight is 532 g/mol. The molecule has 0 fully saturated rings. The minimum atomic E-state index is 0.347. The third-order valence-electron chi connectivity index (χ3n) is 5.74. The van der Waals surface area contributed by atoms with Crippen LogP contribution in [0.5, 0.6) is 11.5 Å². The quantitative estimate of drug-likeness (QED) is 0.211. The van der Waals surface area contributed by atoms with Crippen LogP contribution in [0.1, 0.15) is 43.6 Å². The van der Waals surface area contributed by atoms with Gasteiger partial charge < -0.3 is 9.47 Å². The van der Waals surface area contributed by atoms with Gasteiger partial charge in [0, 0.05) is 4.83 Å². The predicted octanol–water partition coefficient (Wildman–Crippen LogP) is 9.52. The van der Waals surface area contributed by atoms with Crippen LogP contribution in [0.25, 0.3) is 22.3 Å². The predicted molar refractivity (Wildman–Crippen MR) is 153 cm³/mol. The van der Waals surface area contributed by atoms with E-state index in [4.69, 9.17) is 9.47 Å². The minimum Gasteiger partial charge on any atom is -0.494 e. The molecule has 0 aromatic heterocycles. The largest absolute Gasteiger partial charge is 0.494 e. The van der Waals surface area contributed by atoms with Gasteiger partial charge in [0.15, 0.2) is 0 Å². The lowest BCUT2D eigenvalue weighted by Gasteiger charge is -2.12. The molecule has 0 radical (unpaired) electrons. The zero-order chi connectivity index (χ0) is 25.0. The van der Waals surface area contributed by atoms with Gasteiger partial charge in [0.25, 0.3) is 0 Å². The van der Waals surface area contributed by atoms with Crippen LogP contribution < -0.4 is 9.47 Å². The summed E-state index contributed by atoms with van der Waals surface area (Å²) in [5, 5.41) is 0. The summed E-state index contributed by atoms with van der Waals surface area (Å²) in [4.78, 5) is 0.347. The summed E-state index contributed by atoms with van der Waals surface area (Å²) in [7, 11) is 0. The van der Waals surface area contributed by atoms with Crippen molar-refractivity contribution < 1.29 is 9.47 Å². The molecular weight excluding hydrogens is 496 g/mol. The van der Waals surface area contributed by atoms with Crippen LogP contribution in [0.15, 0.2) is 97.1 Å². The molecule has 2 nitrogen and oxygen atoms in total. The molecule has 0 aliphatic rings. The number of hydrogen-bond donors (Lipinski definition) is 0. The Bertz CT molecular complexity index is 1160. The lowest BCUT2D eigenvalue weighted by Crippen LogP contribution is -1.92. The van der Waals surface area contributed by atoms with Crippen molar-refractivity contribution in [1.82, 2.24) is 0 Å². The fourth-order valence-electron chi connectivity index (χ4n) is 4.01. The summed E-state index contributed by atoms with van der Waals surface area (Å²) in [6.45, 7) is 9.75. The Hall–Kier alpha value is -3.04. The van der Waals surface area contributed by atoms with E-state index in [9.17, 15) is 0 Å². The number of benzene rings is 4. The van der Waals surface area contributed by atoms with E-state index in [1.54, 1.807) is 0 Å². The first-order valence-corrected chi connectivity index (χ1v) is 13.3. The summed E-state index contributed by atoms with van der Waals surface area (Å²) in [5.74, 6) is 1.86. The fraction of sp³-hybridized carbons (Fsp3) is 0.250. The standard InChI is InChI=1S/C16H17BrO.C16H18O/c1-3-18-14-10-8-13(9-11-14)16-7-5-4-6-15(16)12(2)17;1-3-13-7-5-6-8-16(13)14-9-11-15(12-10-14)17-4-2/h4-12H,3H2,1-2H3;5-12H,3-4H2,1-2H3. The van der Waals surface area contributed by atoms with Crippen LogP contribution in [0.2, 0.25) is 0 Å². The second kappa shape index (κ2) is 13.7. The Kier molecular flexibility index (Phi) is 10.4. The smallest absolute Gasteiger partial charge is 0.119 e. The fourth-order valence-corrected chi connectivity index (χ4v) is 4.41. The SMILES string of the molecule is CCOc1ccc(-c2ccccc2C(C)Br)cc1.CCOc1ccc(-c2ccccc2CC)cc1. The highest BCUT2D eigenvalue weighted by Crippen LogP contribution is 2.33. The molecule has 0 saturated carbocycles. The maximum atomic E-state index is 5.47. The van der Waals surface area contributed by atoms with Gasteiger partial charge in [-0.05, 0) is 84.8 Å². The molecule has 0 amide bonds. The molecule has 1 unspecified atom stereocenters. The molecule has 0 saturated heterocycles. The van der Waals surface area contributed by atoms with E-state index in [1.807, 2.05) is 38.1 Å². The normalized spacial score (nSPS) is 11.2. The van der Waals surface area contributed by atoms with Crippen LogP contribution in [0, 0.1) is 0 Å². The van der Waals surface area contributed by atoms with Gasteiger partial charge in [-0.25, -0.2) is 0 Å². The van der Waals surface area contributed by atoms with Gasteiger partial charge in [-0.1, -0.05) is 95.7 Å². The second-order valence-electron chi connectivity index (χ2n) is 8.13. The summed E-state index contributed by atoms with van der Waals surface area (Å²) >= 11 is 3.65. The topological polar surface area (TPSA) is 18.5 Å². The van der Waals surface area contributed by atoms with E-state index < -0.39 is 0 Å². The van der Waals surface area contributed by atoms with Crippen molar-refractivity contribution in [3.8, 4) is 33.8 Å². The first kappa shape index (κ1) is 26.6. The molecule has 4 aromatic carbocycles. The van der Waals surface area contributed by atoms with E-state index >= 15 is 0 Å².